The minimum Gasteiger partial charge on any atom is -0.460 e. The summed E-state index contributed by atoms with van der Waals surface area (Å²) in [6, 6.07) is 11.6. The van der Waals surface area contributed by atoms with Gasteiger partial charge in [0, 0.05) is 37.8 Å². The van der Waals surface area contributed by atoms with E-state index < -0.39 is 76.8 Å². The Balaban J connectivity index is 1.36. The Morgan fingerprint density at radius 1 is 0.612 bits per heavy atom. The highest BCUT2D eigenvalue weighted by atomic mass is 16.6. The van der Waals surface area contributed by atoms with Gasteiger partial charge in [0.05, 0.1) is 6.20 Å². The number of ether oxygens (including phenoxy) is 4. The number of nitrogens with one attached hydrogen (secondary N) is 5. The number of fused-ring (bicyclic) bond motifs is 3. The van der Waals surface area contributed by atoms with Crippen LogP contribution in [0.5, 0.6) is 0 Å². The largest absolute Gasteiger partial charge is 0.460 e. The maximum absolute atomic E-state index is 13.6. The van der Waals surface area contributed by atoms with E-state index in [1.54, 1.807) is 62.3 Å². The van der Waals surface area contributed by atoms with Crippen LogP contribution in [0.1, 0.15) is 135 Å². The van der Waals surface area contributed by atoms with Gasteiger partial charge in [-0.15, -0.1) is 0 Å². The summed E-state index contributed by atoms with van der Waals surface area (Å²) in [6.45, 7) is 15.6. The number of esters is 3. The normalized spacial score (nSPS) is 13.6. The van der Waals surface area contributed by atoms with Crippen LogP contribution in [0.2, 0.25) is 0 Å². The molecule has 3 aromatic rings. The van der Waals surface area contributed by atoms with Crippen molar-refractivity contribution in [2.45, 2.75) is 148 Å². The molecule has 0 radical (unpaired) electrons. The van der Waals surface area contributed by atoms with Crippen LogP contribution >= 0.6 is 0 Å². The number of nitrogens with zero attached hydrogens (tertiary/aromatic N) is 2. The molecule has 67 heavy (non-hydrogen) atoms. The van der Waals surface area contributed by atoms with Crippen molar-refractivity contribution in [2.24, 2.45) is 0 Å². The van der Waals surface area contributed by atoms with Crippen LogP contribution in [-0.2, 0) is 38.1 Å². The zero-order valence-electron chi connectivity index (χ0n) is 40.1. The van der Waals surface area contributed by atoms with Crippen LogP contribution < -0.4 is 26.6 Å². The molecule has 0 fully saturated rings. The van der Waals surface area contributed by atoms with Crippen LogP contribution in [0, 0.1) is 0 Å². The first-order valence-electron chi connectivity index (χ1n) is 22.7. The van der Waals surface area contributed by atoms with Gasteiger partial charge in [-0.1, -0.05) is 48.5 Å². The third-order valence-electron chi connectivity index (χ3n) is 9.97. The average Bonchev–Trinajstić information content (AvgIpc) is 3.56. The second-order valence-electron chi connectivity index (χ2n) is 19.2. The highest BCUT2D eigenvalue weighted by molar-refractivity contribution is 5.92. The Morgan fingerprint density at radius 3 is 1.70 bits per heavy atom. The predicted octanol–water partition coefficient (Wildman–Crippen LogP) is 6.02. The van der Waals surface area contributed by atoms with E-state index in [1.165, 1.54) is 18.6 Å². The van der Waals surface area contributed by atoms with Crippen molar-refractivity contribution in [3.8, 4) is 11.1 Å². The Kier molecular flexibility index (Phi) is 19.2. The number of carbonyl (C=O) groups excluding carboxylic acids is 7. The number of benzene rings is 2. The number of rotatable bonds is 21. The van der Waals surface area contributed by atoms with Crippen molar-refractivity contribution in [3.63, 3.8) is 0 Å². The van der Waals surface area contributed by atoms with E-state index in [-0.39, 0.29) is 57.0 Å². The molecule has 4 rings (SSSR count). The quantitative estimate of drug-likeness (QED) is 0.0467. The van der Waals surface area contributed by atoms with Gasteiger partial charge >= 0.3 is 30.0 Å². The van der Waals surface area contributed by atoms with Gasteiger partial charge in [-0.25, -0.2) is 24.2 Å². The van der Waals surface area contributed by atoms with Crippen molar-refractivity contribution in [2.75, 3.05) is 19.7 Å². The highest BCUT2D eigenvalue weighted by Gasteiger charge is 2.33. The van der Waals surface area contributed by atoms with Crippen molar-refractivity contribution >= 4 is 41.8 Å². The maximum atomic E-state index is 13.6. The van der Waals surface area contributed by atoms with E-state index in [0.717, 1.165) is 22.3 Å². The first kappa shape index (κ1) is 53.0. The van der Waals surface area contributed by atoms with Crippen molar-refractivity contribution < 1.29 is 52.5 Å². The summed E-state index contributed by atoms with van der Waals surface area (Å²) < 4.78 is 22.2. The molecule has 18 heteroatoms. The predicted molar refractivity (Wildman–Crippen MR) is 248 cm³/mol. The molecule has 5 N–H and O–H groups in total. The molecule has 0 aliphatic heterocycles. The smallest absolute Gasteiger partial charge is 0.407 e. The Labute approximate surface area is 392 Å². The van der Waals surface area contributed by atoms with E-state index in [0.29, 0.717) is 19.3 Å². The van der Waals surface area contributed by atoms with Gasteiger partial charge in [0.25, 0.3) is 5.91 Å². The SMILES string of the molecule is CC(C)(C)OC(=O)CC[C@H](NC(=O)N[C@@H](CCCCNC(=O)[C@H](CCCNC(=O)c1cnccn1)NC(=O)OCC1c2ccccc2-c2ccccc21)C(=O)OC(C)(C)C)C(=O)OC(C)(C)C. The molecule has 0 saturated carbocycles. The molecular formula is C49H67N7O11. The number of amides is 5. The van der Waals surface area contributed by atoms with Crippen LogP contribution in [-0.4, -0.2) is 106 Å². The molecule has 364 valence electrons. The number of alkyl carbamates (subject to hydrolysis) is 1. The summed E-state index contributed by atoms with van der Waals surface area (Å²) in [6.07, 6.45) is 4.35. The molecule has 5 amide bonds. The minimum atomic E-state index is -1.24. The van der Waals surface area contributed by atoms with Crippen molar-refractivity contribution in [3.05, 3.63) is 83.9 Å². The summed E-state index contributed by atoms with van der Waals surface area (Å²) in [7, 11) is 0. The topological polar surface area (TPSA) is 242 Å². The maximum Gasteiger partial charge on any atom is 0.407 e. The molecule has 0 saturated heterocycles. The number of hydrogen-bond donors (Lipinski definition) is 5. The van der Waals surface area contributed by atoms with E-state index in [9.17, 15) is 33.6 Å². The van der Waals surface area contributed by atoms with Crippen LogP contribution in [0.3, 0.4) is 0 Å². The summed E-state index contributed by atoms with van der Waals surface area (Å²) in [4.78, 5) is 99.8. The Morgan fingerprint density at radius 2 is 1.15 bits per heavy atom. The molecule has 0 bridgehead atoms. The third kappa shape index (κ3) is 18.3. The Hall–Kier alpha value is -6.59. The lowest BCUT2D eigenvalue weighted by atomic mass is 9.98. The van der Waals surface area contributed by atoms with Gasteiger partial charge in [0.2, 0.25) is 5.91 Å². The lowest BCUT2D eigenvalue weighted by molar-refractivity contribution is -0.159. The number of carbonyl (C=O) groups is 7. The summed E-state index contributed by atoms with van der Waals surface area (Å²) in [5, 5.41) is 13.5. The van der Waals surface area contributed by atoms with Gasteiger partial charge < -0.3 is 45.5 Å². The van der Waals surface area contributed by atoms with Gasteiger partial charge in [0.1, 0.15) is 47.2 Å². The minimum absolute atomic E-state index is 0.0426. The fourth-order valence-electron chi connectivity index (χ4n) is 7.13. The zero-order valence-corrected chi connectivity index (χ0v) is 40.1. The van der Waals surface area contributed by atoms with Crippen LogP contribution in [0.15, 0.2) is 67.1 Å². The molecule has 1 aliphatic rings. The second-order valence-corrected chi connectivity index (χ2v) is 19.2. The Bertz CT molecular complexity index is 2140. The fraction of sp³-hybridized carbons (Fsp3) is 0.531. The third-order valence-corrected chi connectivity index (χ3v) is 9.97. The highest BCUT2D eigenvalue weighted by Crippen LogP contribution is 2.44. The number of hydrogen-bond acceptors (Lipinski definition) is 13. The first-order chi connectivity index (χ1) is 31.5. The van der Waals surface area contributed by atoms with Crippen molar-refractivity contribution in [1.29, 1.82) is 0 Å². The summed E-state index contributed by atoms with van der Waals surface area (Å²) >= 11 is 0. The molecule has 1 aliphatic carbocycles. The van der Waals surface area contributed by atoms with Gasteiger partial charge in [0.15, 0.2) is 0 Å². The summed E-state index contributed by atoms with van der Waals surface area (Å²) in [5.74, 6) is -3.17. The van der Waals surface area contributed by atoms with Crippen LogP contribution in [0.4, 0.5) is 9.59 Å². The molecular weight excluding hydrogens is 863 g/mol. The van der Waals surface area contributed by atoms with Gasteiger partial charge in [-0.3, -0.25) is 19.4 Å². The van der Waals surface area contributed by atoms with Gasteiger partial charge in [-0.05, 0) is 123 Å². The number of unbranched alkanes of at least 4 members (excludes halogenated alkanes) is 1. The molecule has 1 heterocycles. The molecule has 18 nitrogen and oxygen atoms in total. The van der Waals surface area contributed by atoms with Crippen LogP contribution in [0.25, 0.3) is 11.1 Å². The standard InChI is InChI=1S/C49H67N7O11/c1-47(2,3)65-40(57)24-23-38(44(61)67-49(7,8)9)55-45(62)54-37(43(60)66-48(4,5)6)21-14-15-25-52-41(58)36(22-16-26-53-42(59)39-29-50-27-28-51-39)56-46(63)64-30-35-33-19-12-10-17-31(33)32-18-11-13-20-34(32)35/h10-13,17-20,27-29,35-38H,14-16,21-26,30H2,1-9H3,(H,52,58)(H,53,59)(H,56,63)(H2,54,55,62)/t36-,37-,38-/m0/s1. The van der Waals surface area contributed by atoms with E-state index >= 15 is 0 Å². The fourth-order valence-corrected chi connectivity index (χ4v) is 7.13. The second kappa shape index (κ2) is 24.3. The molecule has 0 spiro atoms. The lowest BCUT2D eigenvalue weighted by Crippen LogP contribution is -2.53. The summed E-state index contributed by atoms with van der Waals surface area (Å²) in [5.41, 5.74) is 1.83. The average molecular weight is 930 g/mol. The molecule has 3 atom stereocenters. The first-order valence-corrected chi connectivity index (χ1v) is 22.7. The van der Waals surface area contributed by atoms with E-state index in [1.807, 2.05) is 48.5 Å². The van der Waals surface area contributed by atoms with E-state index in [2.05, 4.69) is 36.6 Å². The number of urea groups is 1. The van der Waals surface area contributed by atoms with Crippen molar-refractivity contribution in [1.82, 2.24) is 36.6 Å². The molecule has 1 aromatic heterocycles. The molecule has 2 aromatic carbocycles. The number of aromatic nitrogens is 2. The van der Waals surface area contributed by atoms with Gasteiger partial charge in [-0.2, -0.15) is 0 Å². The lowest BCUT2D eigenvalue weighted by Gasteiger charge is -2.27. The molecule has 0 unspecified atom stereocenters. The monoisotopic (exact) mass is 929 g/mol. The van der Waals surface area contributed by atoms with E-state index in [4.69, 9.17) is 18.9 Å². The zero-order chi connectivity index (χ0) is 49.4.